The van der Waals surface area contributed by atoms with Crippen LogP contribution in [-0.4, -0.2) is 59.6 Å². The first-order valence-electron chi connectivity index (χ1n) is 15.1. The summed E-state index contributed by atoms with van der Waals surface area (Å²) in [6.45, 7) is 2.66. The first-order valence-corrected chi connectivity index (χ1v) is 15.1. The van der Waals surface area contributed by atoms with E-state index < -0.39 is 0 Å². The molecule has 2 bridgehead atoms. The molecule has 220 valence electrons. The fourth-order valence-electron chi connectivity index (χ4n) is 6.73. The summed E-state index contributed by atoms with van der Waals surface area (Å²) in [5, 5.41) is 9.24. The minimum Gasteiger partial charge on any atom is -0.383 e. The third kappa shape index (κ3) is 4.93. The lowest BCUT2D eigenvalue weighted by molar-refractivity contribution is 0.160. The first kappa shape index (κ1) is 26.9. The molecule has 0 amide bonds. The van der Waals surface area contributed by atoms with E-state index in [2.05, 4.69) is 71.8 Å². The number of nitrogens with zero attached hydrogens (tertiary/aromatic N) is 9. The molecule has 0 saturated carbocycles. The molecule has 2 fully saturated rings. The topological polar surface area (TPSA) is 126 Å². The van der Waals surface area contributed by atoms with Crippen LogP contribution in [0.2, 0.25) is 0 Å². The molecule has 2 aromatic carbocycles. The van der Waals surface area contributed by atoms with E-state index in [0.29, 0.717) is 23.7 Å². The van der Waals surface area contributed by atoms with Crippen LogP contribution in [-0.2, 0) is 6.54 Å². The SMILES string of the molecule is N#Cc1nccc(N2CC3CCC(C2)N3Cc2ccc(-n3c(-c4cccnc4N)nc4ccc(-c5ccccc5)nc43)cc2)n1. The number of imidazole rings is 1. The molecule has 2 atom stereocenters. The molecule has 0 aliphatic carbocycles. The standard InChI is InChI=1S/C35H30N10/c36-19-31-38-18-16-32(42-31)43-21-26-12-13-27(22-43)44(26)20-23-8-10-25(11-9-23)45-34(28-7-4-17-39-33(28)37)41-30-15-14-29(40-35(30)45)24-5-2-1-3-6-24/h1-11,14-18,26-27H,12-13,20-22H2,(H2,37,39). The second kappa shape index (κ2) is 11.1. The van der Waals surface area contributed by atoms with Gasteiger partial charge in [-0.25, -0.2) is 24.9 Å². The molecule has 4 aromatic heterocycles. The highest BCUT2D eigenvalue weighted by molar-refractivity contribution is 5.84. The van der Waals surface area contributed by atoms with Gasteiger partial charge in [0.25, 0.3) is 0 Å². The van der Waals surface area contributed by atoms with Crippen molar-refractivity contribution in [3.63, 3.8) is 0 Å². The van der Waals surface area contributed by atoms with E-state index in [9.17, 15) is 5.26 Å². The molecule has 2 N–H and O–H groups in total. The van der Waals surface area contributed by atoms with Gasteiger partial charge in [0.2, 0.25) is 5.82 Å². The molecular formula is C35H30N10. The first-order chi connectivity index (χ1) is 22.1. The number of anilines is 2. The van der Waals surface area contributed by atoms with E-state index in [1.807, 2.05) is 48.5 Å². The van der Waals surface area contributed by atoms with Crippen molar-refractivity contribution in [2.75, 3.05) is 23.7 Å². The summed E-state index contributed by atoms with van der Waals surface area (Å²) in [5.41, 5.74) is 12.8. The van der Waals surface area contributed by atoms with Gasteiger partial charge in [-0.1, -0.05) is 42.5 Å². The van der Waals surface area contributed by atoms with E-state index in [-0.39, 0.29) is 5.82 Å². The van der Waals surface area contributed by atoms with Crippen molar-refractivity contribution in [2.45, 2.75) is 31.5 Å². The predicted molar refractivity (Wildman–Crippen MR) is 173 cm³/mol. The maximum Gasteiger partial charge on any atom is 0.234 e. The Bertz CT molecular complexity index is 2030. The summed E-state index contributed by atoms with van der Waals surface area (Å²) in [5.74, 6) is 2.19. The van der Waals surface area contributed by atoms with Gasteiger partial charge in [-0.15, -0.1) is 0 Å². The second-order valence-corrected chi connectivity index (χ2v) is 11.6. The number of pyridine rings is 2. The number of nitrogen functional groups attached to an aromatic ring is 1. The van der Waals surface area contributed by atoms with E-state index in [1.165, 1.54) is 5.56 Å². The van der Waals surface area contributed by atoms with Gasteiger partial charge in [-0.05, 0) is 60.9 Å². The lowest BCUT2D eigenvalue weighted by Crippen LogP contribution is -2.53. The summed E-state index contributed by atoms with van der Waals surface area (Å²) < 4.78 is 2.08. The lowest BCUT2D eigenvalue weighted by Gasteiger charge is -2.41. The summed E-state index contributed by atoms with van der Waals surface area (Å²) in [7, 11) is 0. The minimum atomic E-state index is 0.217. The monoisotopic (exact) mass is 590 g/mol. The Morgan fingerprint density at radius 3 is 2.36 bits per heavy atom. The molecule has 2 unspecified atom stereocenters. The maximum atomic E-state index is 9.24. The number of rotatable bonds is 6. The van der Waals surface area contributed by atoms with Gasteiger partial charge in [0.15, 0.2) is 11.5 Å². The number of aromatic nitrogens is 6. The molecule has 0 spiro atoms. The lowest BCUT2D eigenvalue weighted by atomic mass is 10.1. The summed E-state index contributed by atoms with van der Waals surface area (Å²) >= 11 is 0. The Morgan fingerprint density at radius 2 is 1.60 bits per heavy atom. The Kier molecular flexibility index (Phi) is 6.65. The Balaban J connectivity index is 1.10. The van der Waals surface area contributed by atoms with Gasteiger partial charge >= 0.3 is 0 Å². The third-order valence-electron chi connectivity index (χ3n) is 8.91. The molecule has 2 aliphatic heterocycles. The van der Waals surface area contributed by atoms with Crippen LogP contribution in [0.25, 0.3) is 39.5 Å². The van der Waals surface area contributed by atoms with Crippen LogP contribution in [0.4, 0.5) is 11.6 Å². The number of nitriles is 1. The van der Waals surface area contributed by atoms with Crippen molar-refractivity contribution < 1.29 is 0 Å². The normalized spacial score (nSPS) is 17.9. The van der Waals surface area contributed by atoms with Crippen LogP contribution >= 0.6 is 0 Å². The quantitative estimate of drug-likeness (QED) is 0.277. The second-order valence-electron chi connectivity index (χ2n) is 11.6. The molecule has 6 heterocycles. The zero-order valence-corrected chi connectivity index (χ0v) is 24.5. The number of nitrogens with two attached hydrogens (primary N) is 1. The molecule has 2 saturated heterocycles. The maximum absolute atomic E-state index is 9.24. The number of fused-ring (bicyclic) bond motifs is 3. The van der Waals surface area contributed by atoms with Crippen molar-refractivity contribution in [3.8, 4) is 34.4 Å². The van der Waals surface area contributed by atoms with Crippen molar-refractivity contribution in [2.24, 2.45) is 0 Å². The smallest absolute Gasteiger partial charge is 0.234 e. The van der Waals surface area contributed by atoms with Gasteiger partial charge < -0.3 is 10.6 Å². The zero-order chi connectivity index (χ0) is 30.3. The van der Waals surface area contributed by atoms with Crippen LogP contribution in [0.3, 0.4) is 0 Å². The fraction of sp³-hybridized carbons (Fsp3) is 0.200. The van der Waals surface area contributed by atoms with Crippen molar-refractivity contribution in [1.82, 2.24) is 34.4 Å². The van der Waals surface area contributed by atoms with E-state index >= 15 is 0 Å². The number of hydrogen-bond acceptors (Lipinski definition) is 9. The van der Waals surface area contributed by atoms with Gasteiger partial charge in [-0.3, -0.25) is 9.47 Å². The van der Waals surface area contributed by atoms with E-state index in [4.69, 9.17) is 15.7 Å². The van der Waals surface area contributed by atoms with Gasteiger partial charge in [0, 0.05) is 55.4 Å². The highest BCUT2D eigenvalue weighted by Gasteiger charge is 2.40. The summed E-state index contributed by atoms with van der Waals surface area (Å²) in [6, 6.07) is 31.5. The fourth-order valence-corrected chi connectivity index (χ4v) is 6.73. The molecule has 8 rings (SSSR count). The number of hydrogen-bond donors (Lipinski definition) is 1. The third-order valence-corrected chi connectivity index (χ3v) is 8.91. The molecule has 6 aromatic rings. The Morgan fingerprint density at radius 1 is 0.800 bits per heavy atom. The predicted octanol–water partition coefficient (Wildman–Crippen LogP) is 5.25. The molecule has 10 nitrogen and oxygen atoms in total. The average Bonchev–Trinajstić information content (AvgIpc) is 3.57. The molecule has 10 heteroatoms. The molecule has 0 radical (unpaired) electrons. The van der Waals surface area contributed by atoms with Gasteiger partial charge in [-0.2, -0.15) is 5.26 Å². The Hall–Kier alpha value is -5.66. The van der Waals surface area contributed by atoms with E-state index in [1.54, 1.807) is 12.4 Å². The zero-order valence-electron chi connectivity index (χ0n) is 24.5. The van der Waals surface area contributed by atoms with Crippen LogP contribution in [0.5, 0.6) is 0 Å². The van der Waals surface area contributed by atoms with Crippen LogP contribution in [0, 0.1) is 11.3 Å². The number of piperazine rings is 1. The van der Waals surface area contributed by atoms with Crippen LogP contribution in [0.1, 0.15) is 24.2 Å². The highest BCUT2D eigenvalue weighted by atomic mass is 15.3. The van der Waals surface area contributed by atoms with Crippen LogP contribution in [0.15, 0.2) is 97.3 Å². The van der Waals surface area contributed by atoms with Gasteiger partial charge in [0.05, 0.1) is 11.3 Å². The number of benzene rings is 2. The summed E-state index contributed by atoms with van der Waals surface area (Å²) in [6.07, 6.45) is 5.67. The highest BCUT2D eigenvalue weighted by Crippen LogP contribution is 2.35. The summed E-state index contributed by atoms with van der Waals surface area (Å²) in [4.78, 5) is 27.8. The average molecular weight is 591 g/mol. The largest absolute Gasteiger partial charge is 0.383 e. The van der Waals surface area contributed by atoms with Crippen molar-refractivity contribution >= 4 is 22.8 Å². The van der Waals surface area contributed by atoms with Crippen molar-refractivity contribution in [1.29, 1.82) is 5.26 Å². The van der Waals surface area contributed by atoms with Gasteiger partial charge in [0.1, 0.15) is 23.2 Å². The van der Waals surface area contributed by atoms with Crippen LogP contribution < -0.4 is 10.6 Å². The molecular weight excluding hydrogens is 560 g/mol. The Labute approximate surface area is 260 Å². The van der Waals surface area contributed by atoms with E-state index in [0.717, 1.165) is 72.0 Å². The van der Waals surface area contributed by atoms with Crippen molar-refractivity contribution in [3.05, 3.63) is 109 Å². The minimum absolute atomic E-state index is 0.217. The molecule has 2 aliphatic rings. The molecule has 45 heavy (non-hydrogen) atoms.